The molecule has 2 aromatic rings. The number of carbonyl (C=O) groups is 2. The average molecular weight is 489 g/mol. The van der Waals surface area contributed by atoms with Gasteiger partial charge in [-0.25, -0.2) is 8.42 Å². The molecule has 0 spiro atoms. The van der Waals surface area contributed by atoms with Gasteiger partial charge in [0.1, 0.15) is 6.54 Å². The number of rotatable bonds is 7. The Balaban J connectivity index is 1.51. The topological polar surface area (TPSA) is 120 Å². The van der Waals surface area contributed by atoms with Gasteiger partial charge >= 0.3 is 5.97 Å². The first-order chi connectivity index (χ1) is 14.7. The SMILES string of the molecule is O=C(COC(=O)CNS(=O)(=O)c1ccc2c(c1)OCCCO2)Nc1cc(Cl)ccc1Cl. The van der Waals surface area contributed by atoms with Gasteiger partial charge in [0, 0.05) is 17.5 Å². The molecule has 0 aromatic heterocycles. The third kappa shape index (κ3) is 6.47. The molecule has 1 aliphatic heterocycles. The quantitative estimate of drug-likeness (QED) is 0.574. The normalized spacial score (nSPS) is 13.2. The summed E-state index contributed by atoms with van der Waals surface area (Å²) >= 11 is 11.8. The predicted octanol–water partition coefficient (Wildman–Crippen LogP) is 2.61. The second-order valence-electron chi connectivity index (χ2n) is 6.32. The van der Waals surface area contributed by atoms with Gasteiger partial charge < -0.3 is 19.5 Å². The van der Waals surface area contributed by atoms with Crippen molar-refractivity contribution in [1.82, 2.24) is 4.72 Å². The number of fused-ring (bicyclic) bond motifs is 1. The van der Waals surface area contributed by atoms with E-state index >= 15 is 0 Å². The maximum absolute atomic E-state index is 12.4. The fourth-order valence-corrected chi connectivity index (χ4v) is 3.85. The molecule has 1 heterocycles. The summed E-state index contributed by atoms with van der Waals surface area (Å²) in [6.07, 6.45) is 0.679. The van der Waals surface area contributed by atoms with Gasteiger partial charge in [-0.15, -0.1) is 0 Å². The van der Waals surface area contributed by atoms with Crippen LogP contribution in [0.5, 0.6) is 11.5 Å². The van der Waals surface area contributed by atoms with Crippen molar-refractivity contribution in [1.29, 1.82) is 0 Å². The summed E-state index contributed by atoms with van der Waals surface area (Å²) in [5.74, 6) is -0.852. The highest BCUT2D eigenvalue weighted by atomic mass is 35.5. The van der Waals surface area contributed by atoms with E-state index in [4.69, 9.17) is 37.4 Å². The molecule has 0 saturated carbocycles. The third-order valence-corrected chi connectivity index (χ3v) is 5.97. The zero-order valence-corrected chi connectivity index (χ0v) is 18.3. The van der Waals surface area contributed by atoms with E-state index < -0.39 is 35.1 Å². The second kappa shape index (κ2) is 10.2. The molecule has 0 saturated heterocycles. The molecule has 12 heteroatoms. The van der Waals surface area contributed by atoms with Crippen LogP contribution in [0, 0.1) is 0 Å². The van der Waals surface area contributed by atoms with Gasteiger partial charge in [0.15, 0.2) is 18.1 Å². The van der Waals surface area contributed by atoms with Crippen LogP contribution in [-0.4, -0.2) is 46.7 Å². The van der Waals surface area contributed by atoms with Crippen molar-refractivity contribution in [2.45, 2.75) is 11.3 Å². The second-order valence-corrected chi connectivity index (χ2v) is 8.93. The van der Waals surface area contributed by atoms with Gasteiger partial charge in [0.05, 0.1) is 28.8 Å². The number of amides is 1. The number of halogens is 2. The van der Waals surface area contributed by atoms with E-state index in [1.165, 1.54) is 30.3 Å². The van der Waals surface area contributed by atoms with Crippen LogP contribution < -0.4 is 19.5 Å². The monoisotopic (exact) mass is 488 g/mol. The summed E-state index contributed by atoms with van der Waals surface area (Å²) < 4.78 is 42.7. The van der Waals surface area contributed by atoms with Gasteiger partial charge in [-0.2, -0.15) is 4.72 Å². The summed E-state index contributed by atoms with van der Waals surface area (Å²) in [7, 11) is -4.02. The molecule has 0 unspecified atom stereocenters. The minimum atomic E-state index is -4.02. The Morgan fingerprint density at radius 3 is 2.55 bits per heavy atom. The van der Waals surface area contributed by atoms with Crippen LogP contribution in [0.2, 0.25) is 10.0 Å². The van der Waals surface area contributed by atoms with Crippen molar-refractivity contribution in [3.8, 4) is 11.5 Å². The molecule has 0 radical (unpaired) electrons. The van der Waals surface area contributed by atoms with E-state index in [2.05, 4.69) is 10.0 Å². The maximum atomic E-state index is 12.4. The van der Waals surface area contributed by atoms with E-state index in [-0.39, 0.29) is 15.6 Å². The summed E-state index contributed by atoms with van der Waals surface area (Å²) in [5, 5.41) is 3.06. The van der Waals surface area contributed by atoms with Gasteiger partial charge in [-0.3, -0.25) is 9.59 Å². The number of hydrogen-bond donors (Lipinski definition) is 2. The van der Waals surface area contributed by atoms with E-state index in [9.17, 15) is 18.0 Å². The van der Waals surface area contributed by atoms with E-state index in [1.54, 1.807) is 6.07 Å². The standard InChI is InChI=1S/C19H18Cl2N2O7S/c20-12-2-4-14(21)15(8-12)23-18(24)11-30-19(25)10-22-31(26,27)13-3-5-16-17(9-13)29-7-1-6-28-16/h2-5,8-9,22H,1,6-7,10-11H2,(H,23,24). The Morgan fingerprint density at radius 1 is 1.03 bits per heavy atom. The number of hydrogen-bond acceptors (Lipinski definition) is 7. The molecule has 0 bridgehead atoms. The fourth-order valence-electron chi connectivity index (χ4n) is 2.52. The molecular weight excluding hydrogens is 471 g/mol. The van der Waals surface area contributed by atoms with E-state index in [0.717, 1.165) is 0 Å². The zero-order valence-electron chi connectivity index (χ0n) is 16.0. The number of esters is 1. The van der Waals surface area contributed by atoms with Crippen molar-refractivity contribution >= 4 is 50.8 Å². The zero-order chi connectivity index (χ0) is 22.4. The smallest absolute Gasteiger partial charge is 0.321 e. The van der Waals surface area contributed by atoms with Crippen LogP contribution in [0.3, 0.4) is 0 Å². The molecule has 0 aliphatic carbocycles. The fraction of sp³-hybridized carbons (Fsp3) is 0.263. The largest absolute Gasteiger partial charge is 0.490 e. The highest BCUT2D eigenvalue weighted by Gasteiger charge is 2.20. The van der Waals surface area contributed by atoms with Crippen LogP contribution >= 0.6 is 23.2 Å². The van der Waals surface area contributed by atoms with Crippen LogP contribution in [0.1, 0.15) is 6.42 Å². The average Bonchev–Trinajstić information content (AvgIpc) is 2.98. The van der Waals surface area contributed by atoms with Crippen LogP contribution in [0.4, 0.5) is 5.69 Å². The Labute approximate surface area is 188 Å². The van der Waals surface area contributed by atoms with Crippen molar-refractivity contribution in [2.24, 2.45) is 0 Å². The summed E-state index contributed by atoms with van der Waals surface area (Å²) in [4.78, 5) is 23.7. The first-order valence-corrected chi connectivity index (χ1v) is 11.3. The Bertz CT molecular complexity index is 1090. The van der Waals surface area contributed by atoms with E-state index in [0.29, 0.717) is 36.2 Å². The lowest BCUT2D eigenvalue weighted by molar-refractivity contribution is -0.146. The van der Waals surface area contributed by atoms with Crippen molar-refractivity contribution in [3.63, 3.8) is 0 Å². The number of ether oxygens (including phenoxy) is 3. The highest BCUT2D eigenvalue weighted by Crippen LogP contribution is 2.31. The summed E-state index contributed by atoms with van der Waals surface area (Å²) in [6.45, 7) is -0.422. The molecular formula is C19H18Cl2N2O7S. The highest BCUT2D eigenvalue weighted by molar-refractivity contribution is 7.89. The molecule has 2 N–H and O–H groups in total. The minimum Gasteiger partial charge on any atom is -0.490 e. The molecule has 1 aliphatic rings. The summed E-state index contributed by atoms with van der Waals surface area (Å²) in [5.41, 5.74) is 0.255. The molecule has 0 fully saturated rings. The van der Waals surface area contributed by atoms with Crippen molar-refractivity contribution in [3.05, 3.63) is 46.4 Å². The lowest BCUT2D eigenvalue weighted by Gasteiger charge is -2.11. The Morgan fingerprint density at radius 2 is 1.77 bits per heavy atom. The molecule has 0 atom stereocenters. The van der Waals surface area contributed by atoms with Gasteiger partial charge in [-0.05, 0) is 30.3 Å². The lowest BCUT2D eigenvalue weighted by atomic mass is 10.3. The molecule has 3 rings (SSSR count). The molecule has 2 aromatic carbocycles. The van der Waals surface area contributed by atoms with Crippen LogP contribution in [0.15, 0.2) is 41.3 Å². The van der Waals surface area contributed by atoms with Crippen molar-refractivity contribution < 1.29 is 32.2 Å². The van der Waals surface area contributed by atoms with Crippen molar-refractivity contribution in [2.75, 3.05) is 31.7 Å². The maximum Gasteiger partial charge on any atom is 0.321 e. The number of carbonyl (C=O) groups excluding carboxylic acids is 2. The number of nitrogens with one attached hydrogen (secondary N) is 2. The number of anilines is 1. The Kier molecular flexibility index (Phi) is 7.60. The predicted molar refractivity (Wildman–Crippen MR) is 113 cm³/mol. The summed E-state index contributed by atoms with van der Waals surface area (Å²) in [6, 6.07) is 8.63. The Hall–Kier alpha value is -2.53. The van der Waals surface area contributed by atoms with Crippen LogP contribution in [0.25, 0.3) is 0 Å². The molecule has 1 amide bonds. The van der Waals surface area contributed by atoms with Gasteiger partial charge in [-0.1, -0.05) is 23.2 Å². The lowest BCUT2D eigenvalue weighted by Crippen LogP contribution is -2.32. The van der Waals surface area contributed by atoms with Gasteiger partial charge in [0.25, 0.3) is 5.91 Å². The first kappa shape index (κ1) is 23.1. The molecule has 31 heavy (non-hydrogen) atoms. The minimum absolute atomic E-state index is 0.0992. The van der Waals surface area contributed by atoms with Crippen LogP contribution in [-0.2, 0) is 24.3 Å². The van der Waals surface area contributed by atoms with Gasteiger partial charge in [0.2, 0.25) is 10.0 Å². The third-order valence-electron chi connectivity index (χ3n) is 4.00. The number of sulfonamides is 1. The number of benzene rings is 2. The molecule has 9 nitrogen and oxygen atoms in total. The molecule has 166 valence electrons. The first-order valence-electron chi connectivity index (χ1n) is 9.04. The van der Waals surface area contributed by atoms with E-state index in [1.807, 2.05) is 0 Å².